The summed E-state index contributed by atoms with van der Waals surface area (Å²) in [6, 6.07) is 8.68. The van der Waals surface area contributed by atoms with Gasteiger partial charge in [0.25, 0.3) is 5.56 Å². The zero-order chi connectivity index (χ0) is 18.5. The van der Waals surface area contributed by atoms with Crippen molar-refractivity contribution >= 4 is 28.3 Å². The number of aryl methyl sites for hydroxylation is 1. The molecule has 2 aromatic rings. The Bertz CT molecular complexity index is 838. The van der Waals surface area contributed by atoms with E-state index in [-0.39, 0.29) is 11.2 Å². The Balaban J connectivity index is 1.40. The summed E-state index contributed by atoms with van der Waals surface area (Å²) in [7, 11) is 1.48. The molecule has 1 aromatic carbocycles. The Hall–Kier alpha value is -1.68. The normalized spacial score (nSPS) is 15.4. The van der Waals surface area contributed by atoms with E-state index in [0.29, 0.717) is 6.54 Å². The van der Waals surface area contributed by atoms with E-state index >= 15 is 0 Å². The first-order valence-corrected chi connectivity index (χ1v) is 9.98. The molecule has 1 aromatic heterocycles. The number of unbranched alkanes of at least 4 members (excludes halogenated alkanes) is 1. The standard InChI is InChI=1S/C18H24IN5O2/c1-21-17(25)14-20-24(18(21)26)9-3-2-8-22-10-12-23(13-11-22)16-6-4-15(19)5-7-16/h4-7,14H,2-3,8-13H2,1H3/i19-7. The molecule has 0 radical (unpaired) electrons. The minimum absolute atomic E-state index is 0.344. The average Bonchev–Trinajstić information content (AvgIpc) is 2.66. The number of piperazine rings is 1. The van der Waals surface area contributed by atoms with Crippen molar-refractivity contribution in [3.8, 4) is 0 Å². The Morgan fingerprint density at radius 2 is 1.65 bits per heavy atom. The van der Waals surface area contributed by atoms with Crippen LogP contribution >= 0.6 is 22.6 Å². The van der Waals surface area contributed by atoms with Crippen LogP contribution in [0.1, 0.15) is 12.8 Å². The lowest BCUT2D eigenvalue weighted by Crippen LogP contribution is -2.46. The summed E-state index contributed by atoms with van der Waals surface area (Å²) < 4.78 is 3.73. The highest BCUT2D eigenvalue weighted by molar-refractivity contribution is 14.1. The summed E-state index contributed by atoms with van der Waals surface area (Å²) in [5.74, 6) is 0. The highest BCUT2D eigenvalue weighted by Crippen LogP contribution is 2.18. The molecule has 0 amide bonds. The molecule has 0 atom stereocenters. The number of nitrogens with zero attached hydrogens (tertiary/aromatic N) is 5. The molecule has 0 N–H and O–H groups in total. The molecule has 0 spiro atoms. The molecule has 8 heteroatoms. The summed E-state index contributed by atoms with van der Waals surface area (Å²) >= 11 is 2.33. The summed E-state index contributed by atoms with van der Waals surface area (Å²) in [6.45, 7) is 5.79. The molecular weight excluding hydrogens is 438 g/mol. The van der Waals surface area contributed by atoms with Gasteiger partial charge in [0, 0.05) is 49.0 Å². The minimum Gasteiger partial charge on any atom is -0.369 e. The number of aromatic nitrogens is 3. The fourth-order valence-electron chi connectivity index (χ4n) is 3.15. The lowest BCUT2D eigenvalue weighted by Gasteiger charge is -2.36. The van der Waals surface area contributed by atoms with Crippen LogP contribution in [0.4, 0.5) is 5.69 Å². The van der Waals surface area contributed by atoms with Crippen molar-refractivity contribution in [2.45, 2.75) is 19.4 Å². The zero-order valence-electron chi connectivity index (χ0n) is 15.0. The third-order valence-electron chi connectivity index (χ3n) is 4.80. The van der Waals surface area contributed by atoms with Crippen molar-refractivity contribution in [1.82, 2.24) is 19.2 Å². The third kappa shape index (κ3) is 4.73. The molecule has 0 unspecified atom stereocenters. The largest absolute Gasteiger partial charge is 0.369 e. The number of halogens is 1. The van der Waals surface area contributed by atoms with Gasteiger partial charge in [-0.1, -0.05) is 0 Å². The molecule has 0 saturated carbocycles. The summed E-state index contributed by atoms with van der Waals surface area (Å²) in [4.78, 5) is 28.2. The molecule has 7 nitrogen and oxygen atoms in total. The fraction of sp³-hybridized carbons (Fsp3) is 0.500. The van der Waals surface area contributed by atoms with Gasteiger partial charge in [-0.15, -0.1) is 0 Å². The van der Waals surface area contributed by atoms with Crippen molar-refractivity contribution < 1.29 is 0 Å². The predicted octanol–water partition coefficient (Wildman–Crippen LogP) is 1.15. The van der Waals surface area contributed by atoms with Crippen molar-refractivity contribution in [3.63, 3.8) is 0 Å². The third-order valence-corrected chi connectivity index (χ3v) is 5.52. The Morgan fingerprint density at radius 3 is 2.35 bits per heavy atom. The van der Waals surface area contributed by atoms with Gasteiger partial charge in [0.1, 0.15) is 6.20 Å². The van der Waals surface area contributed by atoms with Crippen LogP contribution in [0.15, 0.2) is 40.1 Å². The second kappa shape index (κ2) is 8.81. The molecule has 3 rings (SSSR count). The first-order valence-electron chi connectivity index (χ1n) is 8.90. The van der Waals surface area contributed by atoms with Crippen LogP contribution in [0.25, 0.3) is 0 Å². The molecule has 26 heavy (non-hydrogen) atoms. The van der Waals surface area contributed by atoms with Crippen LogP contribution in [-0.4, -0.2) is 52.0 Å². The summed E-state index contributed by atoms with van der Waals surface area (Å²) in [5, 5.41) is 3.92. The quantitative estimate of drug-likeness (QED) is 0.476. The van der Waals surface area contributed by atoms with Crippen LogP contribution in [0.5, 0.6) is 0 Å². The molecule has 0 bridgehead atoms. The van der Waals surface area contributed by atoms with Gasteiger partial charge in [0.2, 0.25) is 0 Å². The molecular formula is C18H24IN5O2. The van der Waals surface area contributed by atoms with E-state index < -0.39 is 0 Å². The summed E-state index contributed by atoms with van der Waals surface area (Å²) in [6.07, 6.45) is 3.09. The second-order valence-electron chi connectivity index (χ2n) is 6.56. The lowest BCUT2D eigenvalue weighted by atomic mass is 10.2. The van der Waals surface area contributed by atoms with E-state index in [0.717, 1.165) is 50.1 Å². The molecule has 140 valence electrons. The smallest absolute Gasteiger partial charge is 0.347 e. The number of rotatable bonds is 6. The molecule has 2 heterocycles. The van der Waals surface area contributed by atoms with Crippen molar-refractivity contribution in [2.75, 3.05) is 37.6 Å². The van der Waals surface area contributed by atoms with Crippen LogP contribution in [-0.2, 0) is 13.6 Å². The van der Waals surface area contributed by atoms with Crippen molar-refractivity contribution in [2.24, 2.45) is 7.05 Å². The van der Waals surface area contributed by atoms with E-state index in [1.165, 1.54) is 27.2 Å². The number of hydrogen-bond donors (Lipinski definition) is 0. The maximum absolute atomic E-state index is 11.9. The molecule has 0 aliphatic carbocycles. The van der Waals surface area contributed by atoms with E-state index in [4.69, 9.17) is 0 Å². The van der Waals surface area contributed by atoms with Crippen LogP contribution in [0, 0.1) is 3.57 Å². The van der Waals surface area contributed by atoms with Crippen molar-refractivity contribution in [3.05, 3.63) is 54.9 Å². The van der Waals surface area contributed by atoms with Gasteiger partial charge in [-0.25, -0.2) is 9.48 Å². The highest BCUT2D eigenvalue weighted by Gasteiger charge is 2.16. The highest BCUT2D eigenvalue weighted by atomic mass is 120. The number of hydrogen-bond acceptors (Lipinski definition) is 5. The number of anilines is 1. The maximum Gasteiger partial charge on any atom is 0.347 e. The molecule has 1 aliphatic heterocycles. The minimum atomic E-state index is -0.364. The van der Waals surface area contributed by atoms with E-state index in [2.05, 4.69) is 61.8 Å². The second-order valence-corrected chi connectivity index (χ2v) is 7.81. The monoisotopic (exact) mass is 462 g/mol. The van der Waals surface area contributed by atoms with Crippen LogP contribution < -0.4 is 16.1 Å². The lowest BCUT2D eigenvalue weighted by molar-refractivity contribution is 0.250. The van der Waals surface area contributed by atoms with E-state index in [9.17, 15) is 9.59 Å². The van der Waals surface area contributed by atoms with Crippen LogP contribution in [0.2, 0.25) is 0 Å². The maximum atomic E-state index is 11.9. The SMILES string of the molecule is Cn1c(=O)cnn(CCCCN2CCN(c3ccc([120I])cc3)CC2)c1=O. The first-order chi connectivity index (χ1) is 12.5. The zero-order valence-corrected chi connectivity index (χ0v) is 17.1. The average molecular weight is 462 g/mol. The Labute approximate surface area is 166 Å². The molecule has 1 saturated heterocycles. The van der Waals surface area contributed by atoms with Gasteiger partial charge in [-0.05, 0) is 66.2 Å². The topological polar surface area (TPSA) is 63.4 Å². The Morgan fingerprint density at radius 1 is 1.00 bits per heavy atom. The van der Waals surface area contributed by atoms with E-state index in [1.54, 1.807) is 0 Å². The van der Waals surface area contributed by atoms with Gasteiger partial charge in [0.15, 0.2) is 0 Å². The van der Waals surface area contributed by atoms with Gasteiger partial charge in [0.05, 0.1) is 0 Å². The van der Waals surface area contributed by atoms with Crippen molar-refractivity contribution in [1.29, 1.82) is 0 Å². The first kappa shape index (κ1) is 19.1. The van der Waals surface area contributed by atoms with E-state index in [1.807, 2.05) is 0 Å². The number of benzene rings is 1. The van der Waals surface area contributed by atoms with Crippen LogP contribution in [0.3, 0.4) is 0 Å². The van der Waals surface area contributed by atoms with Gasteiger partial charge in [-0.2, -0.15) is 5.10 Å². The predicted molar refractivity (Wildman–Crippen MR) is 111 cm³/mol. The molecule has 1 fully saturated rings. The van der Waals surface area contributed by atoms with Gasteiger partial charge in [-0.3, -0.25) is 14.3 Å². The molecule has 1 aliphatic rings. The van der Waals surface area contributed by atoms with Gasteiger partial charge >= 0.3 is 5.69 Å². The van der Waals surface area contributed by atoms with Gasteiger partial charge < -0.3 is 4.90 Å². The fourth-order valence-corrected chi connectivity index (χ4v) is 3.51. The summed E-state index contributed by atoms with van der Waals surface area (Å²) in [5.41, 5.74) is 0.589. The Kier molecular flexibility index (Phi) is 6.47.